The lowest BCUT2D eigenvalue weighted by molar-refractivity contribution is -0.220. The zero-order chi connectivity index (χ0) is 23.7. The van der Waals surface area contributed by atoms with Crippen LogP contribution in [0.25, 0.3) is 11.3 Å². The molecule has 1 saturated heterocycles. The predicted molar refractivity (Wildman–Crippen MR) is 95.6 cm³/mol. The second kappa shape index (κ2) is 9.06. The van der Waals surface area contributed by atoms with Crippen LogP contribution in [-0.4, -0.2) is 46.2 Å². The van der Waals surface area contributed by atoms with Gasteiger partial charge in [0.25, 0.3) is 0 Å². The molecule has 32 heavy (non-hydrogen) atoms. The summed E-state index contributed by atoms with van der Waals surface area (Å²) in [6.07, 6.45) is -10.1. The number of hydrogen-bond donors (Lipinski definition) is 2. The van der Waals surface area contributed by atoms with Crippen LogP contribution in [0.3, 0.4) is 0 Å². The molecule has 2 N–H and O–H groups in total. The zero-order valence-electron chi connectivity index (χ0n) is 16.3. The molecule has 0 aliphatic carbocycles. The van der Waals surface area contributed by atoms with E-state index in [9.17, 15) is 40.6 Å². The lowest BCUT2D eigenvalue weighted by Gasteiger charge is -2.23. The van der Waals surface area contributed by atoms with Gasteiger partial charge in [-0.1, -0.05) is 0 Å². The molecule has 13 heteroatoms. The SMILES string of the molecule is O=C(OC(O)Cn1cc(-c2ccc(F)c(C(F)(F)F)c2)nc1C1CCNCC1)C(F)(F)F. The molecule has 1 aliphatic rings. The molecule has 0 bridgehead atoms. The third-order valence-corrected chi connectivity index (χ3v) is 4.91. The van der Waals surface area contributed by atoms with Gasteiger partial charge in [0, 0.05) is 17.7 Å². The van der Waals surface area contributed by atoms with Crippen molar-refractivity contribution in [2.45, 2.75) is 43.9 Å². The Labute approximate surface area is 177 Å². The molecule has 0 amide bonds. The standard InChI is InChI=1S/C19H18F7N3O3/c20-13-2-1-11(7-12(13)18(21,22)23)14-8-29(9-15(30)32-17(31)19(24,25)26)16(28-14)10-3-5-27-6-4-10/h1-2,7-8,10,15,27,30H,3-6,9H2. The van der Waals surface area contributed by atoms with Crippen LogP contribution in [-0.2, 0) is 22.3 Å². The Bertz CT molecular complexity index is 966. The molecule has 1 aromatic heterocycles. The van der Waals surface area contributed by atoms with Gasteiger partial charge < -0.3 is 19.7 Å². The van der Waals surface area contributed by atoms with Crippen molar-refractivity contribution in [1.82, 2.24) is 14.9 Å². The smallest absolute Gasteiger partial charge is 0.427 e. The normalized spacial score (nSPS) is 16.8. The van der Waals surface area contributed by atoms with Gasteiger partial charge in [0.05, 0.1) is 17.8 Å². The molecular formula is C19H18F7N3O3. The number of carbonyl (C=O) groups is 1. The Balaban J connectivity index is 1.94. The van der Waals surface area contributed by atoms with Gasteiger partial charge in [-0.3, -0.25) is 0 Å². The number of aromatic nitrogens is 2. The summed E-state index contributed by atoms with van der Waals surface area (Å²) in [5.41, 5.74) is -1.57. The third kappa shape index (κ3) is 5.57. The number of carbonyl (C=O) groups excluding carboxylic acids is 1. The van der Waals surface area contributed by atoms with Crippen molar-refractivity contribution < 1.29 is 45.4 Å². The Morgan fingerprint density at radius 3 is 2.47 bits per heavy atom. The summed E-state index contributed by atoms with van der Waals surface area (Å²) >= 11 is 0. The van der Waals surface area contributed by atoms with E-state index in [1.54, 1.807) is 0 Å². The van der Waals surface area contributed by atoms with E-state index in [2.05, 4.69) is 15.0 Å². The molecule has 2 heterocycles. The highest BCUT2D eigenvalue weighted by Crippen LogP contribution is 2.35. The van der Waals surface area contributed by atoms with E-state index in [-0.39, 0.29) is 17.2 Å². The van der Waals surface area contributed by atoms with Gasteiger partial charge in [0.15, 0.2) is 0 Å². The molecule has 2 aromatic rings. The number of hydrogen-bond acceptors (Lipinski definition) is 5. The van der Waals surface area contributed by atoms with Crippen molar-refractivity contribution in [3.63, 3.8) is 0 Å². The van der Waals surface area contributed by atoms with E-state index >= 15 is 0 Å². The molecule has 0 saturated carbocycles. The van der Waals surface area contributed by atoms with Gasteiger partial charge in [0.2, 0.25) is 6.29 Å². The largest absolute Gasteiger partial charge is 0.491 e. The maximum atomic E-state index is 13.6. The second-order valence-corrected chi connectivity index (χ2v) is 7.21. The van der Waals surface area contributed by atoms with Crippen molar-refractivity contribution in [3.8, 4) is 11.3 Å². The maximum absolute atomic E-state index is 13.6. The van der Waals surface area contributed by atoms with Crippen LogP contribution in [0, 0.1) is 5.82 Å². The first kappa shape index (κ1) is 24.0. The van der Waals surface area contributed by atoms with E-state index in [0.29, 0.717) is 43.9 Å². The average Bonchev–Trinajstić information content (AvgIpc) is 3.11. The number of alkyl halides is 6. The fraction of sp³-hybridized carbons (Fsp3) is 0.474. The quantitative estimate of drug-likeness (QED) is 0.398. The molecule has 1 fully saturated rings. The van der Waals surface area contributed by atoms with Gasteiger partial charge in [0.1, 0.15) is 11.6 Å². The van der Waals surface area contributed by atoms with Gasteiger partial charge in [-0.2, -0.15) is 26.3 Å². The van der Waals surface area contributed by atoms with Crippen molar-refractivity contribution in [3.05, 3.63) is 41.6 Å². The van der Waals surface area contributed by atoms with Gasteiger partial charge in [-0.25, -0.2) is 14.2 Å². The van der Waals surface area contributed by atoms with Crippen LogP contribution in [0.15, 0.2) is 24.4 Å². The van der Waals surface area contributed by atoms with Crippen LogP contribution >= 0.6 is 0 Å². The minimum absolute atomic E-state index is 0.00150. The van der Waals surface area contributed by atoms with Crippen LogP contribution in [0.5, 0.6) is 0 Å². The Hall–Kier alpha value is -2.67. The summed E-state index contributed by atoms with van der Waals surface area (Å²) < 4.78 is 95.2. The summed E-state index contributed by atoms with van der Waals surface area (Å²) in [5.74, 6) is -3.96. The minimum atomic E-state index is -5.30. The average molecular weight is 469 g/mol. The summed E-state index contributed by atoms with van der Waals surface area (Å²) in [4.78, 5) is 15.3. The molecule has 1 atom stereocenters. The first-order chi connectivity index (χ1) is 14.9. The van der Waals surface area contributed by atoms with Crippen LogP contribution in [0.1, 0.15) is 30.1 Å². The number of aliphatic hydroxyl groups is 1. The third-order valence-electron chi connectivity index (χ3n) is 4.91. The number of halogens is 7. The summed E-state index contributed by atoms with van der Waals surface area (Å²) in [5, 5.41) is 12.9. The van der Waals surface area contributed by atoms with Crippen molar-refractivity contribution in [2.24, 2.45) is 0 Å². The van der Waals surface area contributed by atoms with Crippen LogP contribution in [0.4, 0.5) is 30.7 Å². The molecule has 1 unspecified atom stereocenters. The van der Waals surface area contributed by atoms with Crippen molar-refractivity contribution in [2.75, 3.05) is 13.1 Å². The summed E-state index contributed by atoms with van der Waals surface area (Å²) in [6.45, 7) is 0.585. The van der Waals surface area contributed by atoms with Crippen molar-refractivity contribution >= 4 is 5.97 Å². The molecule has 3 rings (SSSR count). The lowest BCUT2D eigenvalue weighted by atomic mass is 9.97. The van der Waals surface area contributed by atoms with E-state index in [4.69, 9.17) is 0 Å². The van der Waals surface area contributed by atoms with E-state index in [0.717, 1.165) is 6.07 Å². The fourth-order valence-corrected chi connectivity index (χ4v) is 3.42. The maximum Gasteiger partial charge on any atom is 0.491 e. The Morgan fingerprint density at radius 1 is 1.22 bits per heavy atom. The number of nitrogens with one attached hydrogen (secondary N) is 1. The number of esters is 1. The molecular weight excluding hydrogens is 451 g/mol. The monoisotopic (exact) mass is 469 g/mol. The van der Waals surface area contributed by atoms with E-state index in [1.165, 1.54) is 10.8 Å². The van der Waals surface area contributed by atoms with E-state index in [1.807, 2.05) is 0 Å². The molecule has 1 aromatic carbocycles. The second-order valence-electron chi connectivity index (χ2n) is 7.21. The first-order valence-corrected chi connectivity index (χ1v) is 9.47. The first-order valence-electron chi connectivity index (χ1n) is 9.47. The van der Waals surface area contributed by atoms with Gasteiger partial charge in [-0.15, -0.1) is 0 Å². The molecule has 6 nitrogen and oxygen atoms in total. The number of aliphatic hydroxyl groups excluding tert-OH is 1. The lowest BCUT2D eigenvalue weighted by Crippen LogP contribution is -2.33. The summed E-state index contributed by atoms with van der Waals surface area (Å²) in [6, 6.07) is 2.30. The fourth-order valence-electron chi connectivity index (χ4n) is 3.42. The predicted octanol–water partition coefficient (Wildman–Crippen LogP) is 3.60. The number of piperidine rings is 1. The van der Waals surface area contributed by atoms with Gasteiger partial charge >= 0.3 is 18.3 Å². The van der Waals surface area contributed by atoms with E-state index < -0.39 is 42.5 Å². The highest BCUT2D eigenvalue weighted by molar-refractivity contribution is 5.75. The number of ether oxygens (including phenoxy) is 1. The van der Waals surface area contributed by atoms with Crippen molar-refractivity contribution in [1.29, 1.82) is 0 Å². The van der Waals surface area contributed by atoms with Crippen LogP contribution in [0.2, 0.25) is 0 Å². The Kier molecular flexibility index (Phi) is 6.79. The number of imidazole rings is 1. The highest BCUT2D eigenvalue weighted by Gasteiger charge is 2.42. The summed E-state index contributed by atoms with van der Waals surface area (Å²) in [7, 11) is 0. The van der Waals surface area contributed by atoms with Gasteiger partial charge in [-0.05, 0) is 44.1 Å². The molecule has 1 aliphatic heterocycles. The molecule has 176 valence electrons. The number of benzene rings is 1. The zero-order valence-corrected chi connectivity index (χ0v) is 16.3. The molecule has 0 radical (unpaired) electrons. The number of nitrogens with zero attached hydrogens (tertiary/aromatic N) is 2. The highest BCUT2D eigenvalue weighted by atomic mass is 19.4. The van der Waals surface area contributed by atoms with Crippen LogP contribution < -0.4 is 5.32 Å². The Morgan fingerprint density at radius 2 is 1.88 bits per heavy atom. The topological polar surface area (TPSA) is 76.4 Å². The minimum Gasteiger partial charge on any atom is -0.427 e. The molecule has 0 spiro atoms. The number of rotatable bonds is 5.